The third kappa shape index (κ3) is 1.47. The maximum atomic E-state index is 4.00. The minimum absolute atomic E-state index is 0.855. The van der Waals surface area contributed by atoms with Crippen LogP contribution < -0.4 is 0 Å². The number of tetrazole rings is 1. The topological polar surface area (TPSA) is 43.6 Å². The molecule has 0 aromatic carbocycles. The maximum Gasteiger partial charge on any atom is 0.154 e. The Morgan fingerprint density at radius 1 is 1.33 bits per heavy atom. The third-order valence-corrected chi connectivity index (χ3v) is 4.03. The van der Waals surface area contributed by atoms with E-state index in [-0.39, 0.29) is 0 Å². The average Bonchev–Trinajstić information content (AvgIpc) is 2.82. The molecule has 0 spiro atoms. The van der Waals surface area contributed by atoms with Crippen molar-refractivity contribution in [2.45, 2.75) is 32.6 Å². The number of fused-ring (bicyclic) bond motifs is 1. The number of aromatic nitrogens is 4. The summed E-state index contributed by atoms with van der Waals surface area (Å²) in [6.07, 6.45) is 5.08. The van der Waals surface area contributed by atoms with Gasteiger partial charge in [-0.05, 0) is 54.7 Å². The maximum absolute atomic E-state index is 4.00. The van der Waals surface area contributed by atoms with Crippen LogP contribution in [0.25, 0.3) is 5.00 Å². The van der Waals surface area contributed by atoms with E-state index >= 15 is 0 Å². The molecule has 1 aliphatic rings. The molecule has 1 aliphatic carbocycles. The van der Waals surface area contributed by atoms with Crippen molar-refractivity contribution in [1.29, 1.82) is 0 Å². The molecule has 0 saturated heterocycles. The van der Waals surface area contributed by atoms with E-state index in [2.05, 4.69) is 21.6 Å². The lowest BCUT2D eigenvalue weighted by Gasteiger charge is -2.08. The molecular weight excluding hydrogens is 208 g/mol. The van der Waals surface area contributed by atoms with Crippen molar-refractivity contribution in [3.63, 3.8) is 0 Å². The monoisotopic (exact) mass is 220 g/mol. The predicted octanol–water partition coefficient (Wildman–Crippen LogP) is 1.91. The summed E-state index contributed by atoms with van der Waals surface area (Å²) in [5.74, 6) is 0.855. The molecule has 78 valence electrons. The van der Waals surface area contributed by atoms with Gasteiger partial charge in [0, 0.05) is 4.88 Å². The van der Waals surface area contributed by atoms with Crippen molar-refractivity contribution in [2.75, 3.05) is 0 Å². The van der Waals surface area contributed by atoms with Crippen molar-refractivity contribution >= 4 is 11.3 Å². The number of aryl methyl sites for hydroxylation is 3. The molecule has 2 heterocycles. The van der Waals surface area contributed by atoms with E-state index in [4.69, 9.17) is 0 Å². The molecule has 0 saturated carbocycles. The Hall–Kier alpha value is -1.23. The molecule has 0 amide bonds. The van der Waals surface area contributed by atoms with Gasteiger partial charge in [0.05, 0.1) is 0 Å². The lowest BCUT2D eigenvalue weighted by molar-refractivity contribution is 0.696. The fraction of sp³-hybridized carbons (Fsp3) is 0.500. The van der Waals surface area contributed by atoms with Crippen LogP contribution in [0.2, 0.25) is 0 Å². The van der Waals surface area contributed by atoms with E-state index in [9.17, 15) is 0 Å². The normalized spacial score (nSPS) is 15.3. The Morgan fingerprint density at radius 3 is 2.93 bits per heavy atom. The molecule has 0 unspecified atom stereocenters. The Kier molecular flexibility index (Phi) is 2.05. The van der Waals surface area contributed by atoms with Crippen LogP contribution in [-0.4, -0.2) is 20.2 Å². The van der Waals surface area contributed by atoms with Crippen molar-refractivity contribution in [2.24, 2.45) is 0 Å². The molecule has 3 rings (SSSR count). The highest BCUT2D eigenvalue weighted by Gasteiger charge is 2.15. The second kappa shape index (κ2) is 3.41. The van der Waals surface area contributed by atoms with Crippen LogP contribution in [0, 0.1) is 6.92 Å². The standard InChI is InChI=1S/C10H12N4S/c1-7-11-12-13-14(7)10-6-8-4-2-3-5-9(8)15-10/h6H,2-5H2,1H3. The minimum Gasteiger partial charge on any atom is -0.188 e. The van der Waals surface area contributed by atoms with Crippen molar-refractivity contribution < 1.29 is 0 Å². The van der Waals surface area contributed by atoms with E-state index < -0.39 is 0 Å². The van der Waals surface area contributed by atoms with Gasteiger partial charge in [-0.15, -0.1) is 16.4 Å². The van der Waals surface area contributed by atoms with E-state index in [0.717, 1.165) is 10.8 Å². The first-order chi connectivity index (χ1) is 7.34. The average molecular weight is 220 g/mol. The Bertz CT molecular complexity index is 462. The van der Waals surface area contributed by atoms with Gasteiger partial charge in [0.2, 0.25) is 0 Å². The van der Waals surface area contributed by atoms with Crippen LogP contribution in [0.1, 0.15) is 29.1 Å². The number of rotatable bonds is 1. The van der Waals surface area contributed by atoms with E-state index in [1.807, 2.05) is 22.9 Å². The first kappa shape index (κ1) is 9.03. The largest absolute Gasteiger partial charge is 0.188 e. The zero-order valence-electron chi connectivity index (χ0n) is 8.60. The fourth-order valence-electron chi connectivity index (χ4n) is 2.01. The second-order valence-corrected chi connectivity index (χ2v) is 4.99. The predicted molar refractivity (Wildman–Crippen MR) is 58.4 cm³/mol. The van der Waals surface area contributed by atoms with Gasteiger partial charge >= 0.3 is 0 Å². The lowest BCUT2D eigenvalue weighted by atomic mass is 10.00. The summed E-state index contributed by atoms with van der Waals surface area (Å²) < 4.78 is 1.82. The highest BCUT2D eigenvalue weighted by Crippen LogP contribution is 2.31. The Balaban J connectivity index is 2.06. The van der Waals surface area contributed by atoms with Crippen LogP contribution in [0.4, 0.5) is 0 Å². The van der Waals surface area contributed by atoms with Gasteiger partial charge in [-0.2, -0.15) is 4.68 Å². The van der Waals surface area contributed by atoms with Gasteiger partial charge < -0.3 is 0 Å². The van der Waals surface area contributed by atoms with Crippen LogP contribution in [0.15, 0.2) is 6.07 Å². The van der Waals surface area contributed by atoms with Crippen LogP contribution in [0.5, 0.6) is 0 Å². The number of thiophene rings is 1. The van der Waals surface area contributed by atoms with Crippen molar-refractivity contribution in [1.82, 2.24) is 20.2 Å². The first-order valence-electron chi connectivity index (χ1n) is 5.21. The fourth-order valence-corrected chi connectivity index (χ4v) is 3.26. The number of hydrogen-bond donors (Lipinski definition) is 0. The summed E-state index contributed by atoms with van der Waals surface area (Å²) in [5.41, 5.74) is 1.50. The van der Waals surface area contributed by atoms with Crippen molar-refractivity contribution in [3.8, 4) is 5.00 Å². The highest BCUT2D eigenvalue weighted by molar-refractivity contribution is 7.14. The summed E-state index contributed by atoms with van der Waals surface area (Å²) in [6.45, 7) is 1.93. The van der Waals surface area contributed by atoms with Gasteiger partial charge in [-0.3, -0.25) is 0 Å². The van der Waals surface area contributed by atoms with Crippen LogP contribution in [0.3, 0.4) is 0 Å². The number of hydrogen-bond acceptors (Lipinski definition) is 4. The summed E-state index contributed by atoms with van der Waals surface area (Å²) in [7, 11) is 0. The van der Waals surface area contributed by atoms with E-state index in [0.29, 0.717) is 0 Å². The molecule has 15 heavy (non-hydrogen) atoms. The third-order valence-electron chi connectivity index (χ3n) is 2.82. The van der Waals surface area contributed by atoms with Crippen LogP contribution in [-0.2, 0) is 12.8 Å². The summed E-state index contributed by atoms with van der Waals surface area (Å²) in [4.78, 5) is 1.52. The van der Waals surface area contributed by atoms with Crippen molar-refractivity contribution in [3.05, 3.63) is 22.3 Å². The molecule has 0 N–H and O–H groups in total. The minimum atomic E-state index is 0.855. The zero-order chi connectivity index (χ0) is 10.3. The molecule has 0 aliphatic heterocycles. The molecule has 0 bridgehead atoms. The first-order valence-corrected chi connectivity index (χ1v) is 6.03. The number of nitrogens with zero attached hydrogens (tertiary/aromatic N) is 4. The summed E-state index contributed by atoms with van der Waals surface area (Å²) in [5, 5.41) is 12.7. The van der Waals surface area contributed by atoms with Gasteiger partial charge in [-0.1, -0.05) is 0 Å². The van der Waals surface area contributed by atoms with Gasteiger partial charge in [0.25, 0.3) is 0 Å². The molecule has 2 aromatic rings. The second-order valence-electron chi connectivity index (χ2n) is 3.88. The zero-order valence-corrected chi connectivity index (χ0v) is 9.42. The highest BCUT2D eigenvalue weighted by atomic mass is 32.1. The quantitative estimate of drug-likeness (QED) is 0.737. The lowest BCUT2D eigenvalue weighted by Crippen LogP contribution is -1.97. The molecule has 5 heteroatoms. The Morgan fingerprint density at radius 2 is 2.20 bits per heavy atom. The summed E-state index contributed by atoms with van der Waals surface area (Å²) >= 11 is 1.83. The molecule has 0 radical (unpaired) electrons. The molecule has 0 fully saturated rings. The molecule has 0 atom stereocenters. The summed E-state index contributed by atoms with van der Waals surface area (Å²) in [6, 6.07) is 2.24. The smallest absolute Gasteiger partial charge is 0.154 e. The molecule has 2 aromatic heterocycles. The van der Waals surface area contributed by atoms with Crippen LogP contribution >= 0.6 is 11.3 Å². The van der Waals surface area contributed by atoms with E-state index in [1.54, 1.807) is 0 Å². The van der Waals surface area contributed by atoms with Gasteiger partial charge in [0.15, 0.2) is 5.82 Å². The van der Waals surface area contributed by atoms with E-state index in [1.165, 1.54) is 36.1 Å². The molecular formula is C10H12N4S. The van der Waals surface area contributed by atoms with Gasteiger partial charge in [0.1, 0.15) is 5.00 Å². The van der Waals surface area contributed by atoms with Gasteiger partial charge in [-0.25, -0.2) is 0 Å². The SMILES string of the molecule is Cc1nnnn1-c1cc2c(s1)CCCC2. The Labute approximate surface area is 91.9 Å². The molecule has 4 nitrogen and oxygen atoms in total.